The van der Waals surface area contributed by atoms with Gasteiger partial charge in [0.25, 0.3) is 10.1 Å². The van der Waals surface area contributed by atoms with E-state index in [2.05, 4.69) is 6.92 Å². The van der Waals surface area contributed by atoms with Gasteiger partial charge in [0.15, 0.2) is 0 Å². The van der Waals surface area contributed by atoms with Crippen molar-refractivity contribution in [3.05, 3.63) is 48.0 Å². The summed E-state index contributed by atoms with van der Waals surface area (Å²) in [7, 11) is -4.27. The first kappa shape index (κ1) is 30.0. The number of aryl methyl sites for hydroxylation is 1. The molecule has 0 atom stereocenters. The number of hydrogen-bond acceptors (Lipinski definition) is 4. The Morgan fingerprint density at radius 3 is 1.82 bits per heavy atom. The van der Waals surface area contributed by atoms with E-state index in [-0.39, 0.29) is 40.2 Å². The summed E-state index contributed by atoms with van der Waals surface area (Å²) in [6.07, 6.45) is 15.7. The van der Waals surface area contributed by atoms with E-state index in [0.29, 0.717) is 17.9 Å². The average Bonchev–Trinajstić information content (AvgIpc) is 2.76. The Bertz CT molecular complexity index is 897. The van der Waals surface area contributed by atoms with E-state index in [4.69, 9.17) is 4.74 Å². The summed E-state index contributed by atoms with van der Waals surface area (Å²) >= 11 is 0. The van der Waals surface area contributed by atoms with Crippen molar-refractivity contribution < 1.29 is 52.4 Å². The number of unbranched alkanes of at least 4 members (excludes halogenated alkanes) is 11. The molecule has 0 aliphatic rings. The van der Waals surface area contributed by atoms with Gasteiger partial charge in [0, 0.05) is 0 Å². The summed E-state index contributed by atoms with van der Waals surface area (Å²) in [5.41, 5.74) is 0.735. The third kappa shape index (κ3) is 12.3. The second kappa shape index (κ2) is 16.6. The first-order chi connectivity index (χ1) is 15.4. The molecule has 0 fully saturated rings. The van der Waals surface area contributed by atoms with Crippen LogP contribution in [0.2, 0.25) is 0 Å². The second-order valence-corrected chi connectivity index (χ2v) is 9.88. The van der Waals surface area contributed by atoms with Gasteiger partial charge in [-0.05, 0) is 48.7 Å². The molecule has 2 aromatic rings. The molecule has 178 valence electrons. The molecule has 0 saturated carbocycles. The van der Waals surface area contributed by atoms with Crippen LogP contribution in [0.4, 0.5) is 0 Å². The van der Waals surface area contributed by atoms with Gasteiger partial charge in [-0.25, -0.2) is 0 Å². The minimum absolute atomic E-state index is 0. The predicted octanol–water partition coefficient (Wildman–Crippen LogP) is 4.05. The molecule has 0 amide bonds. The van der Waals surface area contributed by atoms with Crippen LogP contribution in [-0.2, 0) is 16.5 Å². The van der Waals surface area contributed by atoms with Gasteiger partial charge in [0.1, 0.15) is 11.5 Å². The molecule has 0 saturated heterocycles. The second-order valence-electron chi connectivity index (χ2n) is 8.46. The molecule has 0 heterocycles. The number of hydrogen-bond donors (Lipinski definition) is 1. The van der Waals surface area contributed by atoms with Crippen LogP contribution in [0.5, 0.6) is 17.2 Å². The fourth-order valence-electron chi connectivity index (χ4n) is 3.80. The molecule has 5 nitrogen and oxygen atoms in total. The van der Waals surface area contributed by atoms with E-state index in [1.807, 2.05) is 0 Å². The zero-order valence-corrected chi connectivity index (χ0v) is 23.0. The SMILES string of the molecule is CCCCCCCCCCCCCCc1cc(S(=O)(=O)O)ccc1Oc1ccc([O-])cc1.[Na+]. The van der Waals surface area contributed by atoms with Crippen molar-refractivity contribution in [2.45, 2.75) is 95.3 Å². The molecule has 2 aromatic carbocycles. The van der Waals surface area contributed by atoms with Gasteiger partial charge < -0.3 is 9.84 Å². The number of benzene rings is 2. The summed E-state index contributed by atoms with van der Waals surface area (Å²) in [5.74, 6) is 0.954. The van der Waals surface area contributed by atoms with Crippen LogP contribution in [0.15, 0.2) is 47.4 Å². The summed E-state index contributed by atoms with van der Waals surface area (Å²) in [5, 5.41) is 11.3. The predicted molar refractivity (Wildman–Crippen MR) is 127 cm³/mol. The fourth-order valence-corrected chi connectivity index (χ4v) is 4.33. The number of rotatable bonds is 16. The molecule has 0 bridgehead atoms. The molecular weight excluding hydrogens is 447 g/mol. The maximum Gasteiger partial charge on any atom is 1.00 e. The number of ether oxygens (including phenoxy) is 1. The summed E-state index contributed by atoms with van der Waals surface area (Å²) in [6, 6.07) is 10.4. The van der Waals surface area contributed by atoms with Crippen LogP contribution in [0.1, 0.15) is 89.5 Å². The maximum absolute atomic E-state index is 11.5. The van der Waals surface area contributed by atoms with Gasteiger partial charge in [-0.2, -0.15) is 8.42 Å². The molecule has 0 unspecified atom stereocenters. The zero-order chi connectivity index (χ0) is 23.2. The van der Waals surface area contributed by atoms with Crippen LogP contribution in [0, 0.1) is 0 Å². The fraction of sp³-hybridized carbons (Fsp3) is 0.538. The van der Waals surface area contributed by atoms with E-state index in [1.165, 1.54) is 82.1 Å². The van der Waals surface area contributed by atoms with Crippen molar-refractivity contribution in [3.8, 4) is 17.2 Å². The van der Waals surface area contributed by atoms with Gasteiger partial charge >= 0.3 is 29.6 Å². The standard InChI is InChI=1S/C26H38O5S.Na/c1-2-3-4-5-6-7-8-9-10-11-12-13-14-22-21-25(32(28,29)30)19-20-26(22)31-24-17-15-23(27)16-18-24;/h15-21,27H,2-14H2,1H3,(H,28,29,30);/q;+1/p-1. The van der Waals surface area contributed by atoms with E-state index < -0.39 is 10.1 Å². The molecule has 0 aliphatic heterocycles. The largest absolute Gasteiger partial charge is 1.00 e. The maximum atomic E-state index is 11.5. The van der Waals surface area contributed by atoms with E-state index in [0.717, 1.165) is 24.8 Å². The van der Waals surface area contributed by atoms with Crippen molar-refractivity contribution >= 4 is 10.1 Å². The van der Waals surface area contributed by atoms with Gasteiger partial charge in [-0.1, -0.05) is 89.7 Å². The molecule has 0 aromatic heterocycles. The summed E-state index contributed by atoms with van der Waals surface area (Å²) in [6.45, 7) is 2.24. The molecule has 0 aliphatic carbocycles. The van der Waals surface area contributed by atoms with Crippen molar-refractivity contribution in [2.75, 3.05) is 0 Å². The monoisotopic (exact) mass is 484 g/mol. The molecule has 0 radical (unpaired) electrons. The van der Waals surface area contributed by atoms with Crippen LogP contribution in [0.3, 0.4) is 0 Å². The zero-order valence-electron chi connectivity index (χ0n) is 20.2. The van der Waals surface area contributed by atoms with Crippen molar-refractivity contribution in [1.29, 1.82) is 0 Å². The first-order valence-corrected chi connectivity index (χ1v) is 13.4. The molecule has 33 heavy (non-hydrogen) atoms. The molecule has 2 rings (SSSR count). The molecule has 0 spiro atoms. The molecule has 1 N–H and O–H groups in total. The summed E-state index contributed by atoms with van der Waals surface area (Å²) < 4.78 is 38.4. The minimum Gasteiger partial charge on any atom is -0.872 e. The normalized spacial score (nSPS) is 11.2. The van der Waals surface area contributed by atoms with Gasteiger partial charge in [0.2, 0.25) is 0 Å². The third-order valence-electron chi connectivity index (χ3n) is 5.68. The van der Waals surface area contributed by atoms with Gasteiger partial charge in [-0.15, -0.1) is 5.75 Å². The molecule has 7 heteroatoms. The first-order valence-electron chi connectivity index (χ1n) is 12.0. The minimum atomic E-state index is -4.27. The topological polar surface area (TPSA) is 86.7 Å². The Morgan fingerprint density at radius 2 is 1.30 bits per heavy atom. The Morgan fingerprint density at radius 1 is 0.788 bits per heavy atom. The quantitative estimate of drug-likeness (QED) is 0.221. The Kier molecular flexibility index (Phi) is 15.0. The van der Waals surface area contributed by atoms with Crippen LogP contribution in [-0.4, -0.2) is 13.0 Å². The smallest absolute Gasteiger partial charge is 0.872 e. The van der Waals surface area contributed by atoms with Crippen LogP contribution < -0.4 is 39.4 Å². The Labute approximate surface area is 222 Å². The van der Waals surface area contributed by atoms with E-state index in [9.17, 15) is 18.1 Å². The summed E-state index contributed by atoms with van der Waals surface area (Å²) in [4.78, 5) is -0.131. The van der Waals surface area contributed by atoms with E-state index >= 15 is 0 Å². The third-order valence-corrected chi connectivity index (χ3v) is 6.53. The van der Waals surface area contributed by atoms with Crippen LogP contribution in [0.25, 0.3) is 0 Å². The van der Waals surface area contributed by atoms with Gasteiger partial charge in [0.05, 0.1) is 4.90 Å². The molecular formula is C26H37NaO5S. The Balaban J connectivity index is 0.00000544. The van der Waals surface area contributed by atoms with Crippen molar-refractivity contribution in [3.63, 3.8) is 0 Å². The van der Waals surface area contributed by atoms with Crippen molar-refractivity contribution in [2.24, 2.45) is 0 Å². The van der Waals surface area contributed by atoms with E-state index in [1.54, 1.807) is 18.2 Å². The Hall–Kier alpha value is -1.05. The van der Waals surface area contributed by atoms with Crippen molar-refractivity contribution in [1.82, 2.24) is 0 Å². The average molecular weight is 485 g/mol. The van der Waals surface area contributed by atoms with Gasteiger partial charge in [-0.3, -0.25) is 4.55 Å². The van der Waals surface area contributed by atoms with Crippen LogP contribution >= 0.6 is 0 Å².